The number of para-hydroxylation sites is 1. The highest BCUT2D eigenvalue weighted by molar-refractivity contribution is 5.97. The molecule has 0 radical (unpaired) electrons. The normalized spacial score (nSPS) is 15.4. The Bertz CT molecular complexity index is 1010. The number of anilines is 1. The first-order valence-corrected chi connectivity index (χ1v) is 9.18. The highest BCUT2D eigenvalue weighted by atomic mass is 16.5. The van der Waals surface area contributed by atoms with Crippen molar-refractivity contribution in [3.63, 3.8) is 0 Å². The number of hydrogen-bond donors (Lipinski definition) is 0. The Hall–Kier alpha value is -3.28. The first-order chi connectivity index (χ1) is 13.6. The zero-order valence-electron chi connectivity index (χ0n) is 16.1. The number of carbonyl (C=O) groups excluding carboxylic acids is 1. The van der Waals surface area contributed by atoms with E-state index in [1.54, 1.807) is 20.3 Å². The third-order valence-electron chi connectivity index (χ3n) is 5.04. The van der Waals surface area contributed by atoms with Crippen LogP contribution in [0.1, 0.15) is 18.2 Å². The van der Waals surface area contributed by atoms with E-state index in [2.05, 4.69) is 18.1 Å². The molecule has 1 atom stereocenters. The van der Waals surface area contributed by atoms with Crippen molar-refractivity contribution in [1.82, 2.24) is 5.16 Å². The molecule has 2 heterocycles. The molecule has 2 aromatic carbocycles. The predicted molar refractivity (Wildman–Crippen MR) is 106 cm³/mol. The smallest absolute Gasteiger partial charge is 0.233 e. The first-order valence-electron chi connectivity index (χ1n) is 9.18. The Balaban J connectivity index is 1.53. The molecule has 1 amide bonds. The van der Waals surface area contributed by atoms with Gasteiger partial charge >= 0.3 is 0 Å². The van der Waals surface area contributed by atoms with Crippen LogP contribution in [-0.4, -0.2) is 31.3 Å². The number of fused-ring (bicyclic) bond motifs is 1. The number of rotatable bonds is 5. The summed E-state index contributed by atoms with van der Waals surface area (Å²) in [7, 11) is 3.17. The maximum Gasteiger partial charge on any atom is 0.233 e. The number of methoxy groups -OCH3 is 2. The highest BCUT2D eigenvalue weighted by Gasteiger charge is 2.30. The van der Waals surface area contributed by atoms with Crippen molar-refractivity contribution in [3.8, 4) is 22.8 Å². The zero-order valence-corrected chi connectivity index (χ0v) is 16.1. The molecule has 0 saturated heterocycles. The largest absolute Gasteiger partial charge is 0.493 e. The topological polar surface area (TPSA) is 64.8 Å². The van der Waals surface area contributed by atoms with Crippen LogP contribution in [0, 0.1) is 0 Å². The SMILES string of the molecule is COc1ccc(-c2cc(CC(=O)N3c4ccccc4C[C@H]3C)no2)cc1OC. The van der Waals surface area contributed by atoms with Gasteiger partial charge in [-0.1, -0.05) is 23.4 Å². The molecule has 6 heteroatoms. The Kier molecular flexibility index (Phi) is 4.77. The molecule has 144 valence electrons. The molecule has 0 N–H and O–H groups in total. The maximum atomic E-state index is 12.9. The summed E-state index contributed by atoms with van der Waals surface area (Å²) in [4.78, 5) is 14.8. The minimum Gasteiger partial charge on any atom is -0.493 e. The molecule has 0 unspecified atom stereocenters. The zero-order chi connectivity index (χ0) is 19.7. The van der Waals surface area contributed by atoms with Crippen molar-refractivity contribution in [2.45, 2.75) is 25.8 Å². The summed E-state index contributed by atoms with van der Waals surface area (Å²) in [6, 6.07) is 15.5. The Morgan fingerprint density at radius 3 is 2.71 bits per heavy atom. The van der Waals surface area contributed by atoms with Gasteiger partial charge in [-0.15, -0.1) is 0 Å². The molecule has 6 nitrogen and oxygen atoms in total. The fourth-order valence-electron chi connectivity index (χ4n) is 3.71. The Labute approximate surface area is 163 Å². The summed E-state index contributed by atoms with van der Waals surface area (Å²) >= 11 is 0. The predicted octanol–water partition coefficient (Wildman–Crippen LogP) is 3.88. The van der Waals surface area contributed by atoms with E-state index in [4.69, 9.17) is 14.0 Å². The van der Waals surface area contributed by atoms with Crippen molar-refractivity contribution in [1.29, 1.82) is 0 Å². The molecular weight excluding hydrogens is 356 g/mol. The van der Waals surface area contributed by atoms with Gasteiger partial charge in [-0.25, -0.2) is 0 Å². The average molecular weight is 378 g/mol. The minimum atomic E-state index is 0.0182. The first kappa shape index (κ1) is 18.1. The molecule has 0 spiro atoms. The molecule has 1 aliphatic heterocycles. The van der Waals surface area contributed by atoms with E-state index >= 15 is 0 Å². The van der Waals surface area contributed by atoms with Crippen LogP contribution in [0.15, 0.2) is 53.1 Å². The van der Waals surface area contributed by atoms with Crippen LogP contribution >= 0.6 is 0 Å². The summed E-state index contributed by atoms with van der Waals surface area (Å²) in [6.07, 6.45) is 1.06. The van der Waals surface area contributed by atoms with E-state index in [0.717, 1.165) is 17.7 Å². The minimum absolute atomic E-state index is 0.0182. The number of carbonyl (C=O) groups is 1. The highest BCUT2D eigenvalue weighted by Crippen LogP contribution is 2.34. The quantitative estimate of drug-likeness (QED) is 0.674. The van der Waals surface area contributed by atoms with Gasteiger partial charge in [-0.3, -0.25) is 4.79 Å². The van der Waals surface area contributed by atoms with Crippen LogP contribution < -0.4 is 14.4 Å². The number of aromatic nitrogens is 1. The van der Waals surface area contributed by atoms with E-state index in [9.17, 15) is 4.79 Å². The van der Waals surface area contributed by atoms with Gasteiger partial charge in [0.2, 0.25) is 5.91 Å². The summed E-state index contributed by atoms with van der Waals surface area (Å²) in [5, 5.41) is 4.09. The van der Waals surface area contributed by atoms with Crippen molar-refractivity contribution in [2.24, 2.45) is 0 Å². The van der Waals surface area contributed by atoms with Crippen LogP contribution in [0.25, 0.3) is 11.3 Å². The lowest BCUT2D eigenvalue weighted by atomic mass is 10.1. The van der Waals surface area contributed by atoms with Crippen LogP contribution in [0.3, 0.4) is 0 Å². The average Bonchev–Trinajstić information content (AvgIpc) is 3.30. The van der Waals surface area contributed by atoms with Crippen LogP contribution in [0.4, 0.5) is 5.69 Å². The van der Waals surface area contributed by atoms with E-state index in [1.165, 1.54) is 5.56 Å². The van der Waals surface area contributed by atoms with E-state index in [0.29, 0.717) is 23.0 Å². The van der Waals surface area contributed by atoms with E-state index < -0.39 is 0 Å². The number of hydrogen-bond acceptors (Lipinski definition) is 5. The molecule has 0 bridgehead atoms. The second kappa shape index (κ2) is 7.38. The monoisotopic (exact) mass is 378 g/mol. The Morgan fingerprint density at radius 1 is 1.14 bits per heavy atom. The second-order valence-corrected chi connectivity index (χ2v) is 6.87. The number of nitrogens with zero attached hydrogens (tertiary/aromatic N) is 2. The fraction of sp³-hybridized carbons (Fsp3) is 0.273. The van der Waals surface area contributed by atoms with Gasteiger partial charge in [0.25, 0.3) is 0 Å². The van der Waals surface area contributed by atoms with Crippen molar-refractivity contribution >= 4 is 11.6 Å². The third kappa shape index (κ3) is 3.22. The van der Waals surface area contributed by atoms with Gasteiger partial charge in [0.1, 0.15) is 0 Å². The van der Waals surface area contributed by atoms with Gasteiger partial charge in [0.15, 0.2) is 17.3 Å². The molecule has 1 aliphatic rings. The van der Waals surface area contributed by atoms with Gasteiger partial charge in [-0.05, 0) is 43.2 Å². The molecule has 0 fully saturated rings. The molecule has 28 heavy (non-hydrogen) atoms. The summed E-state index contributed by atoms with van der Waals surface area (Å²) < 4.78 is 16.1. The van der Waals surface area contributed by atoms with Gasteiger partial charge in [0.05, 0.1) is 26.3 Å². The number of amides is 1. The van der Waals surface area contributed by atoms with Crippen molar-refractivity contribution in [2.75, 3.05) is 19.1 Å². The van der Waals surface area contributed by atoms with Gasteiger partial charge < -0.3 is 18.9 Å². The van der Waals surface area contributed by atoms with Crippen molar-refractivity contribution in [3.05, 3.63) is 59.8 Å². The fourth-order valence-corrected chi connectivity index (χ4v) is 3.71. The molecule has 4 rings (SSSR count). The lowest BCUT2D eigenvalue weighted by Gasteiger charge is -2.22. The lowest BCUT2D eigenvalue weighted by Crippen LogP contribution is -2.36. The van der Waals surface area contributed by atoms with Crippen LogP contribution in [-0.2, 0) is 17.6 Å². The standard InChI is InChI=1S/C22H22N2O4/c1-14-10-15-6-4-5-7-18(15)24(14)22(25)13-17-12-20(28-23-17)16-8-9-19(26-2)21(11-16)27-3/h4-9,11-12,14H,10,13H2,1-3H3/t14-/m1/s1. The molecule has 0 saturated carbocycles. The molecule has 0 aliphatic carbocycles. The maximum absolute atomic E-state index is 12.9. The summed E-state index contributed by atoms with van der Waals surface area (Å²) in [5.41, 5.74) is 3.60. The van der Waals surface area contributed by atoms with Crippen LogP contribution in [0.5, 0.6) is 11.5 Å². The third-order valence-corrected chi connectivity index (χ3v) is 5.04. The number of ether oxygens (including phenoxy) is 2. The summed E-state index contributed by atoms with van der Waals surface area (Å²) in [6.45, 7) is 2.07. The summed E-state index contributed by atoms with van der Waals surface area (Å²) in [5.74, 6) is 1.85. The van der Waals surface area contributed by atoms with Gasteiger partial charge in [-0.2, -0.15) is 0 Å². The molecule has 1 aromatic heterocycles. The van der Waals surface area contributed by atoms with Crippen molar-refractivity contribution < 1.29 is 18.8 Å². The second-order valence-electron chi connectivity index (χ2n) is 6.87. The van der Waals surface area contributed by atoms with E-state index in [-0.39, 0.29) is 18.4 Å². The van der Waals surface area contributed by atoms with E-state index in [1.807, 2.05) is 41.3 Å². The number of benzene rings is 2. The Morgan fingerprint density at radius 2 is 1.93 bits per heavy atom. The lowest BCUT2D eigenvalue weighted by molar-refractivity contribution is -0.118. The molecular formula is C22H22N2O4. The molecule has 3 aromatic rings. The van der Waals surface area contributed by atoms with Crippen LogP contribution in [0.2, 0.25) is 0 Å². The van der Waals surface area contributed by atoms with Gasteiger partial charge in [0, 0.05) is 23.4 Å².